The number of nitrogens with zero attached hydrogens (tertiary/aromatic N) is 2. The minimum absolute atomic E-state index is 0.226. The lowest BCUT2D eigenvalue weighted by atomic mass is 10.2. The molecule has 0 saturated carbocycles. The van der Waals surface area contributed by atoms with Crippen molar-refractivity contribution in [1.29, 1.82) is 0 Å². The Kier molecular flexibility index (Phi) is 5.79. The number of fused-ring (bicyclic) bond motifs is 1. The normalized spacial score (nSPS) is 10.0. The van der Waals surface area contributed by atoms with E-state index in [1.54, 1.807) is 24.4 Å². The van der Waals surface area contributed by atoms with Gasteiger partial charge in [0.25, 0.3) is 5.91 Å². The highest BCUT2D eigenvalue weighted by Gasteiger charge is 2.08. The van der Waals surface area contributed by atoms with E-state index in [-0.39, 0.29) is 5.91 Å². The number of pyridine rings is 2. The van der Waals surface area contributed by atoms with E-state index in [9.17, 15) is 4.79 Å². The van der Waals surface area contributed by atoms with Gasteiger partial charge in [-0.1, -0.05) is 25.0 Å². The maximum atomic E-state index is 12.3. The van der Waals surface area contributed by atoms with Gasteiger partial charge in [-0.15, -0.1) is 5.92 Å². The van der Waals surface area contributed by atoms with E-state index in [0.29, 0.717) is 24.4 Å². The van der Waals surface area contributed by atoms with Crippen LogP contribution in [0.2, 0.25) is 0 Å². The number of benzene rings is 1. The molecule has 0 aliphatic heterocycles. The van der Waals surface area contributed by atoms with E-state index in [2.05, 4.69) is 27.1 Å². The minimum atomic E-state index is -0.226. The van der Waals surface area contributed by atoms with Gasteiger partial charge in [-0.2, -0.15) is 0 Å². The van der Waals surface area contributed by atoms with Gasteiger partial charge in [0.1, 0.15) is 18.1 Å². The van der Waals surface area contributed by atoms with Crippen molar-refractivity contribution in [3.8, 4) is 17.6 Å². The Morgan fingerprint density at radius 3 is 2.92 bits per heavy atom. The zero-order valence-electron chi connectivity index (χ0n) is 14.5. The molecule has 0 aliphatic rings. The first-order valence-corrected chi connectivity index (χ1v) is 8.43. The number of aromatic nitrogens is 2. The molecule has 0 saturated heterocycles. The lowest BCUT2D eigenvalue weighted by Gasteiger charge is -2.08. The van der Waals surface area contributed by atoms with E-state index < -0.39 is 0 Å². The highest BCUT2D eigenvalue weighted by atomic mass is 16.5. The minimum Gasteiger partial charge on any atom is -0.481 e. The fourth-order valence-corrected chi connectivity index (χ4v) is 2.40. The third-order valence-corrected chi connectivity index (χ3v) is 3.65. The van der Waals surface area contributed by atoms with Crippen molar-refractivity contribution in [2.24, 2.45) is 0 Å². The number of carbonyl (C=O) groups excluding carboxylic acids is 1. The Bertz CT molecular complexity index is 973. The fourth-order valence-electron chi connectivity index (χ4n) is 2.40. The SMILES string of the molecule is CCC#CCOc1cccc(CNC(=O)c2ccc3ncccc3n2)c1. The Labute approximate surface area is 152 Å². The average molecular weight is 345 g/mol. The molecule has 0 fully saturated rings. The van der Waals surface area contributed by atoms with Gasteiger partial charge in [-0.3, -0.25) is 9.78 Å². The smallest absolute Gasteiger partial charge is 0.270 e. The first-order chi connectivity index (χ1) is 12.8. The van der Waals surface area contributed by atoms with Crippen LogP contribution in [0.25, 0.3) is 11.0 Å². The van der Waals surface area contributed by atoms with Gasteiger partial charge in [0.05, 0.1) is 11.0 Å². The monoisotopic (exact) mass is 345 g/mol. The second-order valence-electron chi connectivity index (χ2n) is 5.56. The molecule has 0 spiro atoms. The standard InChI is InChI=1S/C21H19N3O2/c1-2-3-4-13-26-17-8-5-7-16(14-17)15-23-21(25)20-11-10-18-19(24-20)9-6-12-22-18/h5-12,14H,2,13,15H2,1H3,(H,23,25). The van der Waals surface area contributed by atoms with Gasteiger partial charge in [-0.25, -0.2) is 4.98 Å². The molecule has 0 radical (unpaired) electrons. The first-order valence-electron chi connectivity index (χ1n) is 8.43. The van der Waals surface area contributed by atoms with Crippen molar-refractivity contribution >= 4 is 16.9 Å². The van der Waals surface area contributed by atoms with Gasteiger partial charge < -0.3 is 10.1 Å². The van der Waals surface area contributed by atoms with Gasteiger partial charge in [0.2, 0.25) is 0 Å². The Balaban J connectivity index is 1.61. The number of rotatable bonds is 5. The summed E-state index contributed by atoms with van der Waals surface area (Å²) in [4.78, 5) is 20.9. The molecule has 0 atom stereocenters. The summed E-state index contributed by atoms with van der Waals surface area (Å²) in [7, 11) is 0. The van der Waals surface area contributed by atoms with Crippen LogP contribution in [-0.4, -0.2) is 22.5 Å². The van der Waals surface area contributed by atoms with Gasteiger partial charge in [0, 0.05) is 19.2 Å². The van der Waals surface area contributed by atoms with Crippen LogP contribution in [0.4, 0.5) is 0 Å². The van der Waals surface area contributed by atoms with Crippen molar-refractivity contribution in [2.45, 2.75) is 19.9 Å². The number of hydrogen-bond acceptors (Lipinski definition) is 4. The van der Waals surface area contributed by atoms with Crippen LogP contribution in [0.1, 0.15) is 29.4 Å². The van der Waals surface area contributed by atoms with Crippen LogP contribution >= 0.6 is 0 Å². The number of hydrogen-bond donors (Lipinski definition) is 1. The maximum Gasteiger partial charge on any atom is 0.270 e. The molecule has 0 aliphatic carbocycles. The summed E-state index contributed by atoms with van der Waals surface area (Å²) in [6.07, 6.45) is 2.51. The van der Waals surface area contributed by atoms with Gasteiger partial charge >= 0.3 is 0 Å². The van der Waals surface area contributed by atoms with E-state index in [1.807, 2.05) is 37.3 Å². The molecule has 26 heavy (non-hydrogen) atoms. The number of ether oxygens (including phenoxy) is 1. The fraction of sp³-hybridized carbons (Fsp3) is 0.190. The third-order valence-electron chi connectivity index (χ3n) is 3.65. The highest BCUT2D eigenvalue weighted by molar-refractivity contribution is 5.94. The zero-order valence-corrected chi connectivity index (χ0v) is 14.5. The summed E-state index contributed by atoms with van der Waals surface area (Å²) in [6, 6.07) is 14.7. The van der Waals surface area contributed by atoms with Crippen LogP contribution in [0.3, 0.4) is 0 Å². The van der Waals surface area contributed by atoms with Crippen LogP contribution in [0.5, 0.6) is 5.75 Å². The molecular weight excluding hydrogens is 326 g/mol. The second kappa shape index (κ2) is 8.63. The molecule has 1 N–H and O–H groups in total. The summed E-state index contributed by atoms with van der Waals surface area (Å²) in [5.41, 5.74) is 2.78. The predicted octanol–water partition coefficient (Wildman–Crippen LogP) is 3.35. The molecule has 2 heterocycles. The molecule has 5 nitrogen and oxygen atoms in total. The molecular formula is C21H19N3O2. The summed E-state index contributed by atoms with van der Waals surface area (Å²) in [6.45, 7) is 2.75. The average Bonchev–Trinajstić information content (AvgIpc) is 2.69. The maximum absolute atomic E-state index is 12.3. The summed E-state index contributed by atoms with van der Waals surface area (Å²) in [5, 5.41) is 2.88. The molecule has 2 aromatic heterocycles. The molecule has 5 heteroatoms. The third kappa shape index (κ3) is 4.58. The van der Waals surface area contributed by atoms with E-state index in [1.165, 1.54) is 0 Å². The second-order valence-corrected chi connectivity index (χ2v) is 5.56. The van der Waals surface area contributed by atoms with E-state index in [4.69, 9.17) is 4.74 Å². The van der Waals surface area contributed by atoms with Crippen molar-refractivity contribution in [2.75, 3.05) is 6.61 Å². The van der Waals surface area contributed by atoms with Crippen LogP contribution in [-0.2, 0) is 6.54 Å². The van der Waals surface area contributed by atoms with Gasteiger partial charge in [0.15, 0.2) is 0 Å². The number of amides is 1. The molecule has 1 amide bonds. The van der Waals surface area contributed by atoms with Crippen molar-refractivity contribution < 1.29 is 9.53 Å². The van der Waals surface area contributed by atoms with Crippen LogP contribution < -0.4 is 10.1 Å². The topological polar surface area (TPSA) is 64.1 Å². The molecule has 3 rings (SSSR count). The van der Waals surface area contributed by atoms with E-state index >= 15 is 0 Å². The molecule has 3 aromatic rings. The molecule has 0 unspecified atom stereocenters. The van der Waals surface area contributed by atoms with Gasteiger partial charge in [-0.05, 0) is 42.0 Å². The predicted molar refractivity (Wildman–Crippen MR) is 101 cm³/mol. The summed E-state index contributed by atoms with van der Waals surface area (Å²) >= 11 is 0. The Hall–Kier alpha value is -3.39. The first kappa shape index (κ1) is 17.4. The zero-order chi connectivity index (χ0) is 18.2. The largest absolute Gasteiger partial charge is 0.481 e. The lowest BCUT2D eigenvalue weighted by Crippen LogP contribution is -2.23. The Morgan fingerprint density at radius 1 is 1.12 bits per heavy atom. The Morgan fingerprint density at radius 2 is 2.04 bits per heavy atom. The van der Waals surface area contributed by atoms with Crippen LogP contribution in [0.15, 0.2) is 54.7 Å². The molecule has 0 bridgehead atoms. The number of carbonyl (C=O) groups is 1. The lowest BCUT2D eigenvalue weighted by molar-refractivity contribution is 0.0946. The summed E-state index contributed by atoms with van der Waals surface area (Å²) in [5.74, 6) is 6.40. The van der Waals surface area contributed by atoms with Crippen molar-refractivity contribution in [1.82, 2.24) is 15.3 Å². The van der Waals surface area contributed by atoms with E-state index in [0.717, 1.165) is 23.3 Å². The number of nitrogens with one attached hydrogen (secondary N) is 1. The quantitative estimate of drug-likeness (QED) is 0.720. The van der Waals surface area contributed by atoms with Crippen LogP contribution in [0, 0.1) is 11.8 Å². The highest BCUT2D eigenvalue weighted by Crippen LogP contribution is 2.13. The summed E-state index contributed by atoms with van der Waals surface area (Å²) < 4.78 is 5.58. The molecule has 1 aromatic carbocycles. The van der Waals surface area contributed by atoms with Crippen molar-refractivity contribution in [3.05, 3.63) is 66.0 Å². The molecule has 130 valence electrons. The van der Waals surface area contributed by atoms with Crippen molar-refractivity contribution in [3.63, 3.8) is 0 Å².